The van der Waals surface area contributed by atoms with Gasteiger partial charge in [0.15, 0.2) is 17.5 Å². The fraction of sp³-hybridized carbons (Fsp3) is 0.250. The van der Waals surface area contributed by atoms with Crippen LogP contribution in [0.5, 0.6) is 11.5 Å². The number of carboxylic acids is 3. The van der Waals surface area contributed by atoms with Gasteiger partial charge < -0.3 is 40.7 Å². The Hall–Kier alpha value is -5.14. The highest BCUT2D eigenvalue weighted by Gasteiger charge is 2.36. The second kappa shape index (κ2) is 11.7. The molecule has 200 valence electrons. The SMILES string of the molecule is N=C(N)Nc1ccc2c(c1)CCCOc1c(cccc1C(=O)N(CC(=O)O)C(CC(=O)O)C(=O)O)OC2=O. The lowest BCUT2D eigenvalue weighted by molar-refractivity contribution is -0.150. The van der Waals surface area contributed by atoms with Crippen molar-refractivity contribution in [3.8, 4) is 11.5 Å². The summed E-state index contributed by atoms with van der Waals surface area (Å²) in [6, 6.07) is 6.55. The number of rotatable bonds is 8. The van der Waals surface area contributed by atoms with Crippen LogP contribution in [0.1, 0.15) is 39.1 Å². The number of nitrogens with zero attached hydrogens (tertiary/aromatic N) is 1. The lowest BCUT2D eigenvalue weighted by Crippen LogP contribution is -2.48. The van der Waals surface area contributed by atoms with Crippen molar-refractivity contribution in [2.45, 2.75) is 25.3 Å². The molecule has 38 heavy (non-hydrogen) atoms. The molecule has 14 heteroatoms. The van der Waals surface area contributed by atoms with Gasteiger partial charge in [0.2, 0.25) is 0 Å². The van der Waals surface area contributed by atoms with Crippen LogP contribution in [-0.2, 0) is 20.8 Å². The van der Waals surface area contributed by atoms with Gasteiger partial charge in [-0.25, -0.2) is 9.59 Å². The Morgan fingerprint density at radius 2 is 1.84 bits per heavy atom. The molecule has 0 spiro atoms. The molecule has 1 aliphatic heterocycles. The minimum Gasteiger partial charge on any atom is -0.489 e. The lowest BCUT2D eigenvalue weighted by Gasteiger charge is -2.27. The number of aliphatic carboxylic acids is 3. The summed E-state index contributed by atoms with van der Waals surface area (Å²) >= 11 is 0. The third-order valence-corrected chi connectivity index (χ3v) is 5.45. The summed E-state index contributed by atoms with van der Waals surface area (Å²) in [7, 11) is 0. The fourth-order valence-corrected chi connectivity index (χ4v) is 3.86. The summed E-state index contributed by atoms with van der Waals surface area (Å²) in [6.07, 6.45) is -0.341. The van der Waals surface area contributed by atoms with E-state index in [-0.39, 0.29) is 35.2 Å². The fourth-order valence-electron chi connectivity index (χ4n) is 3.86. The Morgan fingerprint density at radius 3 is 2.47 bits per heavy atom. The number of hydrogen-bond acceptors (Lipinski definition) is 8. The van der Waals surface area contributed by atoms with Gasteiger partial charge in [-0.15, -0.1) is 0 Å². The van der Waals surface area contributed by atoms with Crippen molar-refractivity contribution >= 4 is 41.4 Å². The van der Waals surface area contributed by atoms with Gasteiger partial charge in [0, 0.05) is 5.69 Å². The first-order valence-corrected chi connectivity index (χ1v) is 11.2. The van der Waals surface area contributed by atoms with E-state index >= 15 is 0 Å². The summed E-state index contributed by atoms with van der Waals surface area (Å²) in [5.74, 6) is -7.44. The first kappa shape index (κ1) is 27.4. The Balaban J connectivity index is 2.02. The van der Waals surface area contributed by atoms with E-state index in [0.29, 0.717) is 29.0 Å². The molecule has 0 aromatic heterocycles. The van der Waals surface area contributed by atoms with Crippen LogP contribution in [0.4, 0.5) is 5.69 Å². The molecule has 3 rings (SSSR count). The van der Waals surface area contributed by atoms with Gasteiger partial charge >= 0.3 is 23.9 Å². The standard InChI is InChI=1S/C24H24N4O10/c25-24(26)27-13-6-7-14-12(9-13)3-2-8-37-20-15(4-1-5-17(20)38-23(14)36)21(33)28(11-19(31)32)16(22(34)35)10-18(29)30/h1,4-7,9,16H,2-3,8,10-11H2,(H,29,30)(H,31,32)(H,34,35)(H4,25,26,27). The van der Waals surface area contributed by atoms with E-state index in [4.69, 9.17) is 25.7 Å². The van der Waals surface area contributed by atoms with E-state index in [0.717, 1.165) is 0 Å². The number of anilines is 1. The van der Waals surface area contributed by atoms with Crippen LogP contribution in [0.25, 0.3) is 0 Å². The molecule has 0 bridgehead atoms. The molecule has 0 radical (unpaired) electrons. The smallest absolute Gasteiger partial charge is 0.343 e. The predicted octanol–water partition coefficient (Wildman–Crippen LogP) is 0.991. The third kappa shape index (κ3) is 6.54. The van der Waals surface area contributed by atoms with E-state index in [1.165, 1.54) is 30.3 Å². The highest BCUT2D eigenvalue weighted by Crippen LogP contribution is 2.35. The average molecular weight is 528 g/mol. The van der Waals surface area contributed by atoms with E-state index in [9.17, 15) is 34.2 Å². The molecular formula is C24H24N4O10. The van der Waals surface area contributed by atoms with Gasteiger partial charge in [0.05, 0.1) is 24.2 Å². The molecule has 7 N–H and O–H groups in total. The van der Waals surface area contributed by atoms with Crippen LogP contribution in [0.2, 0.25) is 0 Å². The van der Waals surface area contributed by atoms with E-state index in [2.05, 4.69) is 5.32 Å². The minimum absolute atomic E-state index is 0.0229. The van der Waals surface area contributed by atoms with Crippen LogP contribution in [0.15, 0.2) is 36.4 Å². The van der Waals surface area contributed by atoms with Gasteiger partial charge in [0.25, 0.3) is 5.91 Å². The molecule has 14 nitrogen and oxygen atoms in total. The van der Waals surface area contributed by atoms with E-state index < -0.39 is 48.8 Å². The minimum atomic E-state index is -1.99. The van der Waals surface area contributed by atoms with E-state index in [1.54, 1.807) is 6.07 Å². The largest absolute Gasteiger partial charge is 0.489 e. The number of guanidine groups is 1. The first-order chi connectivity index (χ1) is 18.0. The number of ether oxygens (including phenoxy) is 2. The number of esters is 1. The van der Waals surface area contributed by atoms with Crippen molar-refractivity contribution in [3.05, 3.63) is 53.1 Å². The summed E-state index contributed by atoms with van der Waals surface area (Å²) in [5, 5.41) is 37.9. The maximum absolute atomic E-state index is 13.4. The normalized spacial score (nSPS) is 13.4. The lowest BCUT2D eigenvalue weighted by atomic mass is 10.0. The van der Waals surface area contributed by atoms with Crippen molar-refractivity contribution in [1.29, 1.82) is 5.41 Å². The highest BCUT2D eigenvalue weighted by molar-refractivity contribution is 6.02. The molecule has 2 aromatic rings. The number of para-hydroxylation sites is 1. The quantitative estimate of drug-likeness (QED) is 0.122. The van der Waals surface area contributed by atoms with E-state index in [1.807, 2.05) is 0 Å². The number of amides is 1. The molecule has 1 atom stereocenters. The molecule has 0 aliphatic carbocycles. The number of carbonyl (C=O) groups is 5. The summed E-state index contributed by atoms with van der Waals surface area (Å²) < 4.78 is 11.2. The molecule has 1 aliphatic rings. The number of benzene rings is 2. The van der Waals surface area contributed by atoms with Crippen LogP contribution >= 0.6 is 0 Å². The van der Waals surface area contributed by atoms with Gasteiger partial charge in [-0.05, 0) is 48.7 Å². The number of fused-ring (bicyclic) bond motifs is 2. The monoisotopic (exact) mass is 528 g/mol. The van der Waals surface area contributed by atoms with Crippen molar-refractivity contribution in [2.75, 3.05) is 18.5 Å². The van der Waals surface area contributed by atoms with Gasteiger partial charge in [-0.1, -0.05) is 6.07 Å². The highest BCUT2D eigenvalue weighted by atomic mass is 16.6. The number of nitrogens with one attached hydrogen (secondary N) is 2. The average Bonchev–Trinajstić information content (AvgIpc) is 2.83. The summed E-state index contributed by atoms with van der Waals surface area (Å²) in [6.45, 7) is -1.08. The molecule has 0 saturated heterocycles. The second-order valence-electron chi connectivity index (χ2n) is 8.16. The third-order valence-electron chi connectivity index (χ3n) is 5.45. The van der Waals surface area contributed by atoms with Crippen molar-refractivity contribution < 1.29 is 48.8 Å². The van der Waals surface area contributed by atoms with Gasteiger partial charge in [0.1, 0.15) is 12.6 Å². The number of carboxylic acid groups (broad SMARTS) is 3. The number of carbonyl (C=O) groups excluding carboxylic acids is 2. The number of nitrogens with two attached hydrogens (primary N) is 1. The zero-order chi connectivity index (χ0) is 28.0. The van der Waals surface area contributed by atoms with Gasteiger partial charge in [-0.3, -0.25) is 19.8 Å². The Kier molecular flexibility index (Phi) is 8.47. The van der Waals surface area contributed by atoms with Crippen LogP contribution in [-0.4, -0.2) is 75.2 Å². The Morgan fingerprint density at radius 1 is 1.11 bits per heavy atom. The molecule has 1 unspecified atom stereocenters. The zero-order valence-electron chi connectivity index (χ0n) is 19.8. The topological polar surface area (TPSA) is 230 Å². The van der Waals surface area contributed by atoms with Crippen LogP contribution in [0, 0.1) is 5.41 Å². The number of hydrogen-bond donors (Lipinski definition) is 6. The van der Waals surface area contributed by atoms with Crippen molar-refractivity contribution in [3.63, 3.8) is 0 Å². The zero-order valence-corrected chi connectivity index (χ0v) is 19.8. The van der Waals surface area contributed by atoms with Crippen molar-refractivity contribution in [2.24, 2.45) is 5.73 Å². The van der Waals surface area contributed by atoms with Crippen LogP contribution < -0.4 is 20.5 Å². The molecule has 1 heterocycles. The number of aryl methyl sites for hydroxylation is 1. The molecule has 0 saturated carbocycles. The summed E-state index contributed by atoms with van der Waals surface area (Å²) in [4.78, 5) is 61.2. The first-order valence-electron chi connectivity index (χ1n) is 11.2. The predicted molar refractivity (Wildman–Crippen MR) is 130 cm³/mol. The second-order valence-corrected chi connectivity index (χ2v) is 8.16. The Labute approximate surface area is 215 Å². The van der Waals surface area contributed by atoms with Crippen LogP contribution in [0.3, 0.4) is 0 Å². The Bertz CT molecular complexity index is 1310. The van der Waals surface area contributed by atoms with Crippen molar-refractivity contribution in [1.82, 2.24) is 4.90 Å². The molecular weight excluding hydrogens is 504 g/mol. The van der Waals surface area contributed by atoms with Gasteiger partial charge in [-0.2, -0.15) is 0 Å². The molecule has 0 fully saturated rings. The molecule has 1 amide bonds. The summed E-state index contributed by atoms with van der Waals surface area (Å²) in [5.41, 5.74) is 6.34. The maximum Gasteiger partial charge on any atom is 0.343 e. The maximum atomic E-state index is 13.4. The molecule has 2 aromatic carbocycles.